The largest absolute Gasteiger partial charge is 0.480 e. The topological polar surface area (TPSA) is 57.7 Å². The number of hydrogen-bond acceptors (Lipinski definition) is 6. The molecule has 0 aromatic carbocycles. The van der Waals surface area contributed by atoms with Crippen LogP contribution in [0.15, 0.2) is 0 Å². The Kier molecular flexibility index (Phi) is 4.26. The van der Waals surface area contributed by atoms with E-state index in [1.807, 2.05) is 26.0 Å². The lowest BCUT2D eigenvalue weighted by Gasteiger charge is -2.11. The molecule has 1 aromatic rings. The van der Waals surface area contributed by atoms with Crippen LogP contribution in [0.3, 0.4) is 0 Å². The maximum atomic E-state index is 11.8. The first-order chi connectivity index (χ1) is 9.02. The van der Waals surface area contributed by atoms with Crippen LogP contribution >= 0.6 is 11.3 Å². The van der Waals surface area contributed by atoms with Crippen LogP contribution in [0.2, 0.25) is 0 Å². The number of amides is 1. The SMILES string of the molecule is COc1nc(N(C)C)sc1CNC1CCN(C)C1=O. The summed E-state index contributed by atoms with van der Waals surface area (Å²) >= 11 is 1.58. The summed E-state index contributed by atoms with van der Waals surface area (Å²) < 4.78 is 5.28. The molecule has 1 N–H and O–H groups in total. The van der Waals surface area contributed by atoms with Gasteiger partial charge in [-0.1, -0.05) is 11.3 Å². The number of aromatic nitrogens is 1. The summed E-state index contributed by atoms with van der Waals surface area (Å²) in [5, 5.41) is 4.19. The van der Waals surface area contributed by atoms with Crippen LogP contribution in [-0.2, 0) is 11.3 Å². The number of rotatable bonds is 5. The maximum Gasteiger partial charge on any atom is 0.239 e. The van der Waals surface area contributed by atoms with Crippen molar-refractivity contribution >= 4 is 22.4 Å². The quantitative estimate of drug-likeness (QED) is 0.855. The van der Waals surface area contributed by atoms with Gasteiger partial charge in [0.15, 0.2) is 5.13 Å². The lowest BCUT2D eigenvalue weighted by molar-refractivity contribution is -0.128. The van der Waals surface area contributed by atoms with Crippen molar-refractivity contribution in [2.24, 2.45) is 0 Å². The van der Waals surface area contributed by atoms with Crippen molar-refractivity contribution in [1.82, 2.24) is 15.2 Å². The molecule has 1 saturated heterocycles. The Morgan fingerprint density at radius 3 is 2.84 bits per heavy atom. The molecular formula is C12H20N4O2S. The maximum absolute atomic E-state index is 11.8. The summed E-state index contributed by atoms with van der Waals surface area (Å²) in [7, 11) is 7.35. The van der Waals surface area contributed by atoms with Crippen LogP contribution in [-0.4, -0.2) is 56.6 Å². The Balaban J connectivity index is 2.01. The van der Waals surface area contributed by atoms with Crippen LogP contribution in [0, 0.1) is 0 Å². The van der Waals surface area contributed by atoms with Crippen LogP contribution in [0.1, 0.15) is 11.3 Å². The first-order valence-electron chi connectivity index (χ1n) is 6.22. The zero-order valence-electron chi connectivity index (χ0n) is 11.8. The van der Waals surface area contributed by atoms with Crippen molar-refractivity contribution < 1.29 is 9.53 Å². The Hall–Kier alpha value is -1.34. The van der Waals surface area contributed by atoms with Gasteiger partial charge >= 0.3 is 0 Å². The van der Waals surface area contributed by atoms with E-state index in [9.17, 15) is 4.79 Å². The molecule has 2 rings (SSSR count). The van der Waals surface area contributed by atoms with E-state index in [0.717, 1.165) is 23.0 Å². The van der Waals surface area contributed by atoms with Crippen molar-refractivity contribution in [3.8, 4) is 5.88 Å². The highest BCUT2D eigenvalue weighted by Gasteiger charge is 2.28. The number of nitrogens with one attached hydrogen (secondary N) is 1. The number of likely N-dealkylation sites (tertiary alicyclic amines) is 1. The van der Waals surface area contributed by atoms with Gasteiger partial charge in [-0.3, -0.25) is 4.79 Å². The lowest BCUT2D eigenvalue weighted by Crippen LogP contribution is -2.36. The van der Waals surface area contributed by atoms with Gasteiger partial charge < -0.3 is 19.9 Å². The van der Waals surface area contributed by atoms with Crippen molar-refractivity contribution in [1.29, 1.82) is 0 Å². The van der Waals surface area contributed by atoms with Gasteiger partial charge in [0.2, 0.25) is 11.8 Å². The minimum atomic E-state index is -0.0837. The zero-order chi connectivity index (χ0) is 14.0. The van der Waals surface area contributed by atoms with Gasteiger partial charge in [0.1, 0.15) is 0 Å². The van der Waals surface area contributed by atoms with Gasteiger partial charge in [0.05, 0.1) is 18.0 Å². The van der Waals surface area contributed by atoms with Crippen molar-refractivity contribution in [3.63, 3.8) is 0 Å². The molecule has 1 atom stereocenters. The van der Waals surface area contributed by atoms with Crippen molar-refractivity contribution in [2.45, 2.75) is 19.0 Å². The smallest absolute Gasteiger partial charge is 0.239 e. The average molecular weight is 284 g/mol. The molecule has 1 amide bonds. The summed E-state index contributed by atoms with van der Waals surface area (Å²) in [6, 6.07) is -0.0837. The van der Waals surface area contributed by atoms with E-state index in [2.05, 4.69) is 10.3 Å². The fourth-order valence-electron chi connectivity index (χ4n) is 2.02. The van der Waals surface area contributed by atoms with E-state index in [0.29, 0.717) is 12.4 Å². The van der Waals surface area contributed by atoms with Crippen LogP contribution in [0.4, 0.5) is 5.13 Å². The minimum absolute atomic E-state index is 0.0837. The molecule has 1 fully saturated rings. The highest BCUT2D eigenvalue weighted by atomic mass is 32.1. The Morgan fingerprint density at radius 1 is 1.58 bits per heavy atom. The van der Waals surface area contributed by atoms with Gasteiger partial charge in [-0.2, -0.15) is 4.98 Å². The summed E-state index contributed by atoms with van der Waals surface area (Å²) in [6.45, 7) is 1.43. The van der Waals surface area contributed by atoms with E-state index in [4.69, 9.17) is 4.74 Å². The molecule has 7 heteroatoms. The number of ether oxygens (including phenoxy) is 1. The van der Waals surface area contributed by atoms with Gasteiger partial charge in [0.25, 0.3) is 0 Å². The fraction of sp³-hybridized carbons (Fsp3) is 0.667. The fourth-order valence-corrected chi connectivity index (χ4v) is 2.92. The highest BCUT2D eigenvalue weighted by Crippen LogP contribution is 2.30. The first kappa shape index (κ1) is 14.1. The Morgan fingerprint density at radius 2 is 2.32 bits per heavy atom. The van der Waals surface area contributed by atoms with Crippen LogP contribution < -0.4 is 15.0 Å². The summed E-state index contributed by atoms with van der Waals surface area (Å²) in [5.74, 6) is 0.802. The Bertz CT molecular complexity index is 461. The number of methoxy groups -OCH3 is 1. The second-order valence-electron chi connectivity index (χ2n) is 4.81. The van der Waals surface area contributed by atoms with Crippen LogP contribution in [0.25, 0.3) is 0 Å². The third-order valence-electron chi connectivity index (χ3n) is 3.16. The van der Waals surface area contributed by atoms with E-state index in [-0.39, 0.29) is 11.9 Å². The number of carbonyl (C=O) groups is 1. The molecule has 1 aliphatic heterocycles. The summed E-state index contributed by atoms with van der Waals surface area (Å²) in [4.78, 5) is 20.9. The second kappa shape index (κ2) is 5.75. The van der Waals surface area contributed by atoms with Gasteiger partial charge in [-0.15, -0.1) is 0 Å². The minimum Gasteiger partial charge on any atom is -0.480 e. The standard InChI is InChI=1S/C12H20N4O2S/c1-15(2)12-14-10(18-4)9(19-12)7-13-8-5-6-16(3)11(8)17/h8,13H,5-7H2,1-4H3. The molecule has 0 spiro atoms. The highest BCUT2D eigenvalue weighted by molar-refractivity contribution is 7.15. The second-order valence-corrected chi connectivity index (χ2v) is 5.87. The molecule has 0 bridgehead atoms. The van der Waals surface area contributed by atoms with Gasteiger partial charge in [-0.25, -0.2) is 0 Å². The zero-order valence-corrected chi connectivity index (χ0v) is 12.6. The predicted octanol–water partition coefficient (Wildman–Crippen LogP) is 0.538. The number of likely N-dealkylation sites (N-methyl/N-ethyl adjacent to an activating group) is 1. The number of nitrogens with zero attached hydrogens (tertiary/aromatic N) is 3. The van der Waals surface area contributed by atoms with E-state index < -0.39 is 0 Å². The molecule has 0 saturated carbocycles. The molecule has 1 aliphatic rings. The molecule has 2 heterocycles. The molecule has 0 radical (unpaired) electrons. The summed E-state index contributed by atoms with van der Waals surface area (Å²) in [5.41, 5.74) is 0. The number of carbonyl (C=O) groups excluding carboxylic acids is 1. The van der Waals surface area contributed by atoms with E-state index in [1.165, 1.54) is 0 Å². The number of anilines is 1. The molecule has 106 valence electrons. The molecule has 1 unspecified atom stereocenters. The third-order valence-corrected chi connectivity index (χ3v) is 4.37. The van der Waals surface area contributed by atoms with Gasteiger partial charge in [-0.05, 0) is 6.42 Å². The summed E-state index contributed by atoms with van der Waals surface area (Å²) in [6.07, 6.45) is 0.858. The van der Waals surface area contributed by atoms with Gasteiger partial charge in [0, 0.05) is 34.2 Å². The molecular weight excluding hydrogens is 264 g/mol. The average Bonchev–Trinajstić information content (AvgIpc) is 2.93. The monoisotopic (exact) mass is 284 g/mol. The lowest BCUT2D eigenvalue weighted by atomic mass is 10.2. The molecule has 1 aromatic heterocycles. The van der Waals surface area contributed by atoms with Crippen molar-refractivity contribution in [2.75, 3.05) is 39.7 Å². The Labute approximate surface area is 117 Å². The molecule has 19 heavy (non-hydrogen) atoms. The normalized spacial score (nSPS) is 19.1. The molecule has 6 nitrogen and oxygen atoms in total. The van der Waals surface area contributed by atoms with Crippen LogP contribution in [0.5, 0.6) is 5.88 Å². The van der Waals surface area contributed by atoms with Crippen molar-refractivity contribution in [3.05, 3.63) is 4.88 Å². The third kappa shape index (κ3) is 2.98. The molecule has 0 aliphatic carbocycles. The number of thiazole rings is 1. The number of hydrogen-bond donors (Lipinski definition) is 1. The van der Waals surface area contributed by atoms with E-state index >= 15 is 0 Å². The first-order valence-corrected chi connectivity index (χ1v) is 7.04. The van der Waals surface area contributed by atoms with E-state index in [1.54, 1.807) is 23.3 Å². The predicted molar refractivity (Wildman–Crippen MR) is 75.9 cm³/mol.